The summed E-state index contributed by atoms with van der Waals surface area (Å²) in [5, 5.41) is 5.30. The van der Waals surface area contributed by atoms with Crippen LogP contribution in [0, 0.1) is 17.2 Å². The van der Waals surface area contributed by atoms with Crippen LogP contribution in [0.25, 0.3) is 0 Å². The molecule has 10 heteroatoms. The van der Waals surface area contributed by atoms with E-state index >= 15 is 0 Å². The van der Waals surface area contributed by atoms with Crippen LogP contribution in [-0.2, 0) is 20.7 Å². The van der Waals surface area contributed by atoms with Crippen molar-refractivity contribution in [3.05, 3.63) is 45.7 Å². The molecule has 2 amide bonds. The summed E-state index contributed by atoms with van der Waals surface area (Å²) in [6.07, 6.45) is 7.27. The van der Waals surface area contributed by atoms with Crippen molar-refractivity contribution in [2.75, 3.05) is 12.3 Å². The topological polar surface area (TPSA) is 115 Å². The number of thiazole rings is 1. The summed E-state index contributed by atoms with van der Waals surface area (Å²) in [5.41, 5.74) is 6.62. The molecule has 0 saturated heterocycles. The summed E-state index contributed by atoms with van der Waals surface area (Å²) in [5.74, 6) is -1.02. The fourth-order valence-corrected chi connectivity index (χ4v) is 6.57. The van der Waals surface area contributed by atoms with Crippen molar-refractivity contribution in [2.24, 2.45) is 11.3 Å². The number of nitrogens with zero attached hydrogens (tertiary/aromatic N) is 2. The van der Waals surface area contributed by atoms with E-state index in [1.165, 1.54) is 30.4 Å². The van der Waals surface area contributed by atoms with Crippen molar-refractivity contribution in [1.82, 2.24) is 15.2 Å². The second kappa shape index (κ2) is 19.0. The summed E-state index contributed by atoms with van der Waals surface area (Å²) in [6, 6.07) is 4.29. The van der Waals surface area contributed by atoms with Gasteiger partial charge in [-0.15, -0.1) is 11.3 Å². The van der Waals surface area contributed by atoms with Crippen LogP contribution in [0.5, 0.6) is 0 Å². The Morgan fingerprint density at radius 2 is 1.78 bits per heavy atom. The molecule has 3 atom stereocenters. The quantitative estimate of drug-likeness (QED) is 0.0891. The number of hydrogen-bond acceptors (Lipinski definition) is 7. The second-order valence-electron chi connectivity index (χ2n) is 14.0. The van der Waals surface area contributed by atoms with E-state index in [2.05, 4.69) is 58.8 Å². The van der Waals surface area contributed by atoms with Crippen molar-refractivity contribution < 1.29 is 23.5 Å². The normalized spacial score (nSPS) is 13.7. The Labute approximate surface area is 280 Å². The number of nitrogens with one attached hydrogen (secondary N) is 1. The van der Waals surface area contributed by atoms with E-state index in [9.17, 15) is 18.8 Å². The summed E-state index contributed by atoms with van der Waals surface area (Å²) in [7, 11) is 0. The van der Waals surface area contributed by atoms with Gasteiger partial charge in [-0.3, -0.25) is 14.4 Å². The van der Waals surface area contributed by atoms with E-state index in [1.807, 2.05) is 4.90 Å². The molecule has 0 radical (unpaired) electrons. The van der Waals surface area contributed by atoms with Crippen LogP contribution in [0.1, 0.15) is 140 Å². The van der Waals surface area contributed by atoms with Crippen molar-refractivity contribution in [2.45, 2.75) is 138 Å². The number of nitrogen functional groups attached to an aromatic ring is 1. The summed E-state index contributed by atoms with van der Waals surface area (Å²) < 4.78 is 20.0. The van der Waals surface area contributed by atoms with Crippen LogP contribution in [0.2, 0.25) is 0 Å². The molecule has 0 fully saturated rings. The van der Waals surface area contributed by atoms with E-state index in [0.717, 1.165) is 44.1 Å². The lowest BCUT2D eigenvalue weighted by atomic mass is 9.85. The highest BCUT2D eigenvalue weighted by atomic mass is 32.1. The maximum Gasteiger partial charge on any atom is 0.303 e. The number of amides is 2. The number of anilines is 1. The first kappa shape index (κ1) is 39.2. The third kappa shape index (κ3) is 13.4. The number of aromatic nitrogens is 1. The van der Waals surface area contributed by atoms with Gasteiger partial charge in [0.05, 0.1) is 5.69 Å². The van der Waals surface area contributed by atoms with Gasteiger partial charge in [-0.1, -0.05) is 80.2 Å². The van der Waals surface area contributed by atoms with Gasteiger partial charge in [0.2, 0.25) is 5.91 Å². The average Bonchev–Trinajstić information content (AvgIpc) is 3.46. The Morgan fingerprint density at radius 1 is 1.09 bits per heavy atom. The maximum absolute atomic E-state index is 14.2. The Balaban J connectivity index is 2.31. The largest absolute Gasteiger partial charge is 0.455 e. The molecular formula is C36H57FN4O4S. The monoisotopic (exact) mass is 660 g/mol. The maximum atomic E-state index is 14.2. The highest BCUT2D eigenvalue weighted by Gasteiger charge is 2.32. The van der Waals surface area contributed by atoms with E-state index < -0.39 is 17.9 Å². The Bertz CT molecular complexity index is 1260. The van der Waals surface area contributed by atoms with Crippen LogP contribution in [0.15, 0.2) is 23.6 Å². The number of nitrogens with two attached hydrogens (primary N) is 1. The molecule has 3 unspecified atom stereocenters. The lowest BCUT2D eigenvalue weighted by Gasteiger charge is -2.36. The third-order valence-corrected chi connectivity index (χ3v) is 8.96. The number of carbonyl (C=O) groups is 3. The molecule has 0 saturated carbocycles. The number of unbranched alkanes of at least 4 members (excludes halogenated alkanes) is 4. The van der Waals surface area contributed by atoms with Gasteiger partial charge in [-0.2, -0.15) is 0 Å². The second-order valence-corrected chi connectivity index (χ2v) is 14.9. The van der Waals surface area contributed by atoms with E-state index in [4.69, 9.17) is 10.5 Å². The first-order valence-corrected chi connectivity index (χ1v) is 17.8. The average molecular weight is 661 g/mol. The molecule has 0 spiro atoms. The zero-order valence-electron chi connectivity index (χ0n) is 29.3. The van der Waals surface area contributed by atoms with Crippen LogP contribution in [0.3, 0.4) is 0 Å². The van der Waals surface area contributed by atoms with Gasteiger partial charge in [0, 0.05) is 43.8 Å². The Kier molecular flexibility index (Phi) is 16.2. The molecule has 258 valence electrons. The molecule has 0 aliphatic rings. The Hall–Kier alpha value is -3.01. The van der Waals surface area contributed by atoms with Gasteiger partial charge in [0.15, 0.2) is 6.10 Å². The van der Waals surface area contributed by atoms with E-state index in [1.54, 1.807) is 11.4 Å². The summed E-state index contributed by atoms with van der Waals surface area (Å²) >= 11 is 1.27. The molecule has 1 heterocycles. The van der Waals surface area contributed by atoms with Crippen molar-refractivity contribution in [3.8, 4) is 0 Å². The smallest absolute Gasteiger partial charge is 0.303 e. The predicted octanol–water partition coefficient (Wildman–Crippen LogP) is 8.26. The number of benzene rings is 1. The highest BCUT2D eigenvalue weighted by molar-refractivity contribution is 7.09. The van der Waals surface area contributed by atoms with Crippen LogP contribution >= 0.6 is 11.3 Å². The molecule has 1 aromatic carbocycles. The minimum Gasteiger partial charge on any atom is -0.455 e. The van der Waals surface area contributed by atoms with Crippen molar-refractivity contribution in [3.63, 3.8) is 0 Å². The van der Waals surface area contributed by atoms with E-state index in [-0.39, 0.29) is 46.6 Å². The first-order chi connectivity index (χ1) is 21.6. The van der Waals surface area contributed by atoms with Gasteiger partial charge in [-0.05, 0) is 54.7 Å². The molecule has 1 aromatic heterocycles. The molecule has 0 aliphatic carbocycles. The Morgan fingerprint density at radius 3 is 2.37 bits per heavy atom. The van der Waals surface area contributed by atoms with E-state index in [0.29, 0.717) is 37.2 Å². The molecule has 46 heavy (non-hydrogen) atoms. The molecule has 8 nitrogen and oxygen atoms in total. The minimum absolute atomic E-state index is 0.0853. The van der Waals surface area contributed by atoms with Crippen molar-refractivity contribution >= 4 is 34.8 Å². The first-order valence-electron chi connectivity index (χ1n) is 16.9. The fourth-order valence-electron chi connectivity index (χ4n) is 5.73. The number of esters is 1. The number of ether oxygens (including phenoxy) is 1. The lowest BCUT2D eigenvalue weighted by Crippen LogP contribution is -2.45. The fraction of sp³-hybridized carbons (Fsp3) is 0.667. The SMILES string of the molecule is CCCCCCN(C(=O)CCCC)C(CC(OC(C)=O)c1nc(C(=O)NC(Cc2ccc(N)c(F)c2)CC(C)(C)C)cs1)C(C)C. The summed E-state index contributed by atoms with van der Waals surface area (Å²) in [6.45, 7) is 16.7. The van der Waals surface area contributed by atoms with Crippen LogP contribution in [-0.4, -0.2) is 46.3 Å². The predicted molar refractivity (Wildman–Crippen MR) is 185 cm³/mol. The number of halogens is 1. The molecule has 0 aliphatic heterocycles. The number of rotatable bonds is 19. The minimum atomic E-state index is -0.698. The van der Waals surface area contributed by atoms with Gasteiger partial charge >= 0.3 is 5.97 Å². The van der Waals surface area contributed by atoms with Gasteiger partial charge in [0.1, 0.15) is 16.5 Å². The molecule has 2 aromatic rings. The molecule has 3 N–H and O–H groups in total. The van der Waals surface area contributed by atoms with Gasteiger partial charge in [0.25, 0.3) is 5.91 Å². The molecule has 2 rings (SSSR count). The molecule has 0 bridgehead atoms. The number of carbonyl (C=O) groups excluding carboxylic acids is 3. The lowest BCUT2D eigenvalue weighted by molar-refractivity contribution is -0.148. The van der Waals surface area contributed by atoms with Crippen molar-refractivity contribution in [1.29, 1.82) is 0 Å². The standard InChI is InChI=1S/C36H57FN4O4S/c1-9-11-13-14-18-41(33(43)15-12-10-2)31(24(3)4)21-32(45-25(5)42)35-40-30(23-46-35)34(44)39-27(22-36(6,7)8)19-26-16-17-29(38)28(37)20-26/h16-17,20,23-24,27,31-32H,9-15,18-19,21-22,38H2,1-8H3,(H,39,44). The zero-order valence-corrected chi connectivity index (χ0v) is 30.1. The zero-order chi connectivity index (χ0) is 34.4. The molecular weight excluding hydrogens is 603 g/mol. The number of hydrogen-bond donors (Lipinski definition) is 2. The van der Waals surface area contributed by atoms with Crippen LogP contribution in [0.4, 0.5) is 10.1 Å². The summed E-state index contributed by atoms with van der Waals surface area (Å²) in [4.78, 5) is 45.8. The van der Waals surface area contributed by atoms with Gasteiger partial charge in [-0.25, -0.2) is 9.37 Å². The van der Waals surface area contributed by atoms with Gasteiger partial charge < -0.3 is 20.7 Å². The highest BCUT2D eigenvalue weighted by Crippen LogP contribution is 2.32. The third-order valence-electron chi connectivity index (χ3n) is 8.02. The van der Waals surface area contributed by atoms with Crippen LogP contribution < -0.4 is 11.1 Å².